The predicted octanol–water partition coefficient (Wildman–Crippen LogP) is 3.36. The molecule has 7 heteroatoms. The number of nitrogens with one attached hydrogen (secondary N) is 2. The van der Waals surface area contributed by atoms with Crippen molar-refractivity contribution in [1.29, 1.82) is 0 Å². The zero-order valence-corrected chi connectivity index (χ0v) is 21.1. The van der Waals surface area contributed by atoms with Gasteiger partial charge in [0.25, 0.3) is 0 Å². The van der Waals surface area contributed by atoms with Gasteiger partial charge in [0.2, 0.25) is 5.91 Å². The highest BCUT2D eigenvalue weighted by molar-refractivity contribution is 14.0. The normalized spacial score (nSPS) is 18.3. The molecule has 0 aromatic heterocycles. The van der Waals surface area contributed by atoms with Crippen molar-refractivity contribution in [2.75, 3.05) is 33.2 Å². The highest BCUT2D eigenvalue weighted by Gasteiger charge is 2.27. The van der Waals surface area contributed by atoms with Gasteiger partial charge in [0.1, 0.15) is 0 Å². The first-order valence-electron chi connectivity index (χ1n) is 11.0. The molecule has 0 aliphatic carbocycles. The number of hydrogen-bond donors (Lipinski definition) is 2. The summed E-state index contributed by atoms with van der Waals surface area (Å²) in [5.41, 5.74) is 2.52. The second-order valence-electron chi connectivity index (χ2n) is 8.87. The van der Waals surface area contributed by atoms with Crippen molar-refractivity contribution in [1.82, 2.24) is 20.4 Å². The standard InChI is InChI=1S/C23H37N5O.HI/c1-23(2,28-14-5-4-6-15-28)18-26-22(24-3)25-16-19-9-11-20(12-10-19)17-27-13-7-8-21(27)29;/h9-12H,4-8,13-18H2,1-3H3,(H2,24,25,26);1H. The number of rotatable bonds is 7. The lowest BCUT2D eigenvalue weighted by atomic mass is 9.98. The fourth-order valence-corrected chi connectivity index (χ4v) is 4.17. The van der Waals surface area contributed by atoms with Crippen molar-refractivity contribution in [3.63, 3.8) is 0 Å². The summed E-state index contributed by atoms with van der Waals surface area (Å²) in [7, 11) is 1.82. The molecular weight excluding hydrogens is 489 g/mol. The molecule has 2 heterocycles. The molecule has 0 atom stereocenters. The van der Waals surface area contributed by atoms with Crippen LogP contribution < -0.4 is 10.6 Å². The van der Waals surface area contributed by atoms with E-state index < -0.39 is 0 Å². The number of benzene rings is 1. The average Bonchev–Trinajstić information content (AvgIpc) is 3.14. The number of aliphatic imine (C=N–C) groups is 1. The zero-order chi connectivity index (χ0) is 20.7. The van der Waals surface area contributed by atoms with Crippen molar-refractivity contribution in [3.8, 4) is 0 Å². The number of piperidine rings is 1. The Morgan fingerprint density at radius 3 is 2.27 bits per heavy atom. The Kier molecular flexibility index (Phi) is 9.87. The third kappa shape index (κ3) is 7.11. The molecule has 0 saturated carbocycles. The van der Waals surface area contributed by atoms with Crippen LogP contribution in [0, 0.1) is 0 Å². The van der Waals surface area contributed by atoms with E-state index in [9.17, 15) is 4.79 Å². The van der Waals surface area contributed by atoms with Gasteiger partial charge in [-0.25, -0.2) is 0 Å². The van der Waals surface area contributed by atoms with Gasteiger partial charge in [-0.3, -0.25) is 14.7 Å². The van der Waals surface area contributed by atoms with Crippen LogP contribution in [0.5, 0.6) is 0 Å². The molecule has 6 nitrogen and oxygen atoms in total. The monoisotopic (exact) mass is 527 g/mol. The smallest absolute Gasteiger partial charge is 0.222 e. The van der Waals surface area contributed by atoms with Gasteiger partial charge < -0.3 is 15.5 Å². The predicted molar refractivity (Wildman–Crippen MR) is 134 cm³/mol. The molecule has 3 rings (SSSR count). The summed E-state index contributed by atoms with van der Waals surface area (Å²) in [4.78, 5) is 20.7. The number of nitrogens with zero attached hydrogens (tertiary/aromatic N) is 3. The summed E-state index contributed by atoms with van der Waals surface area (Å²) >= 11 is 0. The van der Waals surface area contributed by atoms with Gasteiger partial charge >= 0.3 is 0 Å². The highest BCUT2D eigenvalue weighted by atomic mass is 127. The van der Waals surface area contributed by atoms with Gasteiger partial charge in [-0.05, 0) is 57.3 Å². The van der Waals surface area contributed by atoms with Gasteiger partial charge in [0.05, 0.1) is 0 Å². The van der Waals surface area contributed by atoms with E-state index in [-0.39, 0.29) is 35.4 Å². The first kappa shape index (κ1) is 24.9. The van der Waals surface area contributed by atoms with E-state index in [4.69, 9.17) is 0 Å². The Labute approximate surface area is 198 Å². The largest absolute Gasteiger partial charge is 0.355 e. The summed E-state index contributed by atoms with van der Waals surface area (Å²) < 4.78 is 0. The minimum atomic E-state index is 0. The van der Waals surface area contributed by atoms with Crippen LogP contribution in [0.2, 0.25) is 0 Å². The Morgan fingerprint density at radius 1 is 1.00 bits per heavy atom. The fourth-order valence-electron chi connectivity index (χ4n) is 4.17. The number of halogens is 1. The topological polar surface area (TPSA) is 60.0 Å². The Balaban J connectivity index is 0.00000320. The molecule has 30 heavy (non-hydrogen) atoms. The molecular formula is C23H38IN5O. The van der Waals surface area contributed by atoms with Crippen molar-refractivity contribution in [3.05, 3.63) is 35.4 Å². The van der Waals surface area contributed by atoms with Crippen molar-refractivity contribution >= 4 is 35.8 Å². The van der Waals surface area contributed by atoms with Crippen LogP contribution in [-0.4, -0.2) is 60.4 Å². The van der Waals surface area contributed by atoms with Crippen molar-refractivity contribution < 1.29 is 4.79 Å². The number of carbonyl (C=O) groups is 1. The Hall–Kier alpha value is -1.35. The maximum absolute atomic E-state index is 11.8. The number of hydrogen-bond acceptors (Lipinski definition) is 3. The molecule has 0 unspecified atom stereocenters. The van der Waals surface area contributed by atoms with E-state index in [2.05, 4.69) is 58.6 Å². The van der Waals surface area contributed by atoms with E-state index in [1.165, 1.54) is 43.5 Å². The minimum Gasteiger partial charge on any atom is -0.355 e. The second kappa shape index (κ2) is 11.9. The molecule has 2 saturated heterocycles. The lowest BCUT2D eigenvalue weighted by Crippen LogP contribution is -2.54. The van der Waals surface area contributed by atoms with E-state index in [1.54, 1.807) is 0 Å². The molecule has 168 valence electrons. The molecule has 1 aromatic rings. The highest BCUT2D eigenvalue weighted by Crippen LogP contribution is 2.20. The number of guanidine groups is 1. The SMILES string of the molecule is CN=C(NCc1ccc(CN2CCCC2=O)cc1)NCC(C)(C)N1CCCCC1.I. The number of carbonyl (C=O) groups excluding carboxylic acids is 1. The summed E-state index contributed by atoms with van der Waals surface area (Å²) in [6.07, 6.45) is 5.65. The molecule has 1 aromatic carbocycles. The Morgan fingerprint density at radius 2 is 1.67 bits per heavy atom. The van der Waals surface area contributed by atoms with E-state index >= 15 is 0 Å². The summed E-state index contributed by atoms with van der Waals surface area (Å²) in [5.74, 6) is 1.11. The van der Waals surface area contributed by atoms with Crippen LogP contribution in [0.1, 0.15) is 57.1 Å². The average molecular weight is 527 g/mol. The van der Waals surface area contributed by atoms with Gasteiger partial charge in [0.15, 0.2) is 5.96 Å². The lowest BCUT2D eigenvalue weighted by Gasteiger charge is -2.41. The zero-order valence-electron chi connectivity index (χ0n) is 18.7. The fraction of sp³-hybridized carbons (Fsp3) is 0.652. The maximum Gasteiger partial charge on any atom is 0.222 e. The van der Waals surface area contributed by atoms with E-state index in [0.717, 1.165) is 38.6 Å². The van der Waals surface area contributed by atoms with Gasteiger partial charge in [0, 0.05) is 45.2 Å². The second-order valence-corrected chi connectivity index (χ2v) is 8.87. The quantitative estimate of drug-likeness (QED) is 0.325. The van der Waals surface area contributed by atoms with Crippen LogP contribution in [0.25, 0.3) is 0 Å². The molecule has 1 amide bonds. The van der Waals surface area contributed by atoms with Gasteiger partial charge in [-0.1, -0.05) is 30.7 Å². The maximum atomic E-state index is 11.8. The molecule has 2 aliphatic heterocycles. The third-order valence-electron chi connectivity index (χ3n) is 6.15. The van der Waals surface area contributed by atoms with E-state index in [0.29, 0.717) is 6.42 Å². The summed E-state index contributed by atoms with van der Waals surface area (Å²) in [6, 6.07) is 8.51. The Bertz CT molecular complexity index is 698. The molecule has 2 aliphatic rings. The van der Waals surface area contributed by atoms with Crippen LogP contribution in [0.3, 0.4) is 0 Å². The lowest BCUT2D eigenvalue weighted by molar-refractivity contribution is -0.128. The van der Waals surface area contributed by atoms with Gasteiger partial charge in [-0.2, -0.15) is 0 Å². The van der Waals surface area contributed by atoms with Crippen molar-refractivity contribution in [2.45, 2.75) is 64.6 Å². The summed E-state index contributed by atoms with van der Waals surface area (Å²) in [6.45, 7) is 10.2. The molecule has 2 N–H and O–H groups in total. The molecule has 0 spiro atoms. The number of amides is 1. The van der Waals surface area contributed by atoms with E-state index in [1.807, 2.05) is 11.9 Å². The molecule has 0 radical (unpaired) electrons. The molecule has 2 fully saturated rings. The number of likely N-dealkylation sites (tertiary alicyclic amines) is 2. The van der Waals surface area contributed by atoms with Gasteiger partial charge in [-0.15, -0.1) is 24.0 Å². The minimum absolute atomic E-state index is 0. The first-order chi connectivity index (χ1) is 14.0. The third-order valence-corrected chi connectivity index (χ3v) is 6.15. The molecule has 0 bridgehead atoms. The van der Waals surface area contributed by atoms with Crippen LogP contribution >= 0.6 is 24.0 Å². The van der Waals surface area contributed by atoms with Crippen LogP contribution in [0.15, 0.2) is 29.3 Å². The summed E-state index contributed by atoms with van der Waals surface area (Å²) in [5, 5.41) is 6.91. The van der Waals surface area contributed by atoms with Crippen LogP contribution in [0.4, 0.5) is 0 Å². The first-order valence-corrected chi connectivity index (χ1v) is 11.0. The van der Waals surface area contributed by atoms with Crippen LogP contribution in [-0.2, 0) is 17.9 Å². The van der Waals surface area contributed by atoms with Crippen molar-refractivity contribution in [2.24, 2.45) is 4.99 Å².